The standard InChI is InChI=1S/C29H26N2O2/c1-32-27-16-7-3-11-23(27)18-19-29-30-25-14-5-6-15-26(25)31(29)20-9-21-33-28-17-8-12-22-10-2-4-13-24(22)28/h2-8,10-19H,9,20-21H2,1H3/b19-18+. The van der Waals surface area contributed by atoms with Gasteiger partial charge in [0.05, 0.1) is 24.8 Å². The van der Waals surface area contributed by atoms with Gasteiger partial charge in [0.25, 0.3) is 0 Å². The van der Waals surface area contributed by atoms with Gasteiger partial charge in [0, 0.05) is 17.5 Å². The van der Waals surface area contributed by atoms with Crippen molar-refractivity contribution >= 4 is 34.0 Å². The van der Waals surface area contributed by atoms with Crippen LogP contribution in [0.15, 0.2) is 91.0 Å². The summed E-state index contributed by atoms with van der Waals surface area (Å²) in [6.45, 7) is 1.45. The largest absolute Gasteiger partial charge is 0.496 e. The molecule has 1 aromatic heterocycles. The van der Waals surface area contributed by atoms with E-state index < -0.39 is 0 Å². The Labute approximate surface area is 193 Å². The molecule has 0 saturated carbocycles. The van der Waals surface area contributed by atoms with Gasteiger partial charge >= 0.3 is 0 Å². The summed E-state index contributed by atoms with van der Waals surface area (Å²) in [5, 5.41) is 2.34. The molecule has 1 heterocycles. The van der Waals surface area contributed by atoms with E-state index in [1.807, 2.05) is 48.5 Å². The third-order valence-corrected chi connectivity index (χ3v) is 5.77. The van der Waals surface area contributed by atoms with Crippen LogP contribution in [0.4, 0.5) is 0 Å². The van der Waals surface area contributed by atoms with Crippen LogP contribution in [0.1, 0.15) is 17.8 Å². The van der Waals surface area contributed by atoms with E-state index >= 15 is 0 Å². The first kappa shape index (κ1) is 20.8. The normalized spacial score (nSPS) is 11.4. The summed E-state index contributed by atoms with van der Waals surface area (Å²) in [5.41, 5.74) is 3.15. The second-order valence-electron chi connectivity index (χ2n) is 7.86. The summed E-state index contributed by atoms with van der Waals surface area (Å²) in [5.74, 6) is 2.70. The molecule has 5 rings (SSSR count). The van der Waals surface area contributed by atoms with E-state index in [-0.39, 0.29) is 0 Å². The van der Waals surface area contributed by atoms with Crippen molar-refractivity contribution in [3.05, 3.63) is 102 Å². The van der Waals surface area contributed by atoms with Crippen molar-refractivity contribution < 1.29 is 9.47 Å². The Balaban J connectivity index is 1.35. The lowest BCUT2D eigenvalue weighted by atomic mass is 10.1. The molecule has 0 aliphatic rings. The molecule has 4 heteroatoms. The molecule has 0 atom stereocenters. The number of aromatic nitrogens is 2. The quantitative estimate of drug-likeness (QED) is 0.251. The van der Waals surface area contributed by atoms with Crippen LogP contribution in [-0.4, -0.2) is 23.3 Å². The topological polar surface area (TPSA) is 36.3 Å². The number of fused-ring (bicyclic) bond motifs is 2. The fraction of sp³-hybridized carbons (Fsp3) is 0.138. The number of aryl methyl sites for hydroxylation is 1. The fourth-order valence-electron chi connectivity index (χ4n) is 4.15. The van der Waals surface area contributed by atoms with Crippen LogP contribution in [0.5, 0.6) is 11.5 Å². The van der Waals surface area contributed by atoms with Gasteiger partial charge in [-0.25, -0.2) is 4.98 Å². The maximum absolute atomic E-state index is 6.16. The van der Waals surface area contributed by atoms with Crippen molar-refractivity contribution in [3.63, 3.8) is 0 Å². The number of benzene rings is 4. The van der Waals surface area contributed by atoms with E-state index in [0.717, 1.165) is 52.3 Å². The third-order valence-electron chi connectivity index (χ3n) is 5.77. The van der Waals surface area contributed by atoms with Crippen molar-refractivity contribution in [3.8, 4) is 11.5 Å². The highest BCUT2D eigenvalue weighted by Crippen LogP contribution is 2.26. The van der Waals surface area contributed by atoms with E-state index in [1.54, 1.807) is 7.11 Å². The van der Waals surface area contributed by atoms with E-state index in [2.05, 4.69) is 59.2 Å². The zero-order valence-corrected chi connectivity index (χ0v) is 18.6. The van der Waals surface area contributed by atoms with E-state index in [4.69, 9.17) is 14.5 Å². The molecule has 4 aromatic carbocycles. The lowest BCUT2D eigenvalue weighted by Crippen LogP contribution is -2.06. The van der Waals surface area contributed by atoms with Gasteiger partial charge in [0.15, 0.2) is 0 Å². The predicted molar refractivity (Wildman–Crippen MR) is 136 cm³/mol. The number of rotatable bonds is 8. The first-order valence-corrected chi connectivity index (χ1v) is 11.2. The van der Waals surface area contributed by atoms with Crippen LogP contribution in [-0.2, 0) is 6.54 Å². The van der Waals surface area contributed by atoms with Gasteiger partial charge in [-0.15, -0.1) is 0 Å². The second-order valence-corrected chi connectivity index (χ2v) is 7.86. The molecule has 0 bridgehead atoms. The summed E-state index contributed by atoms with van der Waals surface area (Å²) in [6.07, 6.45) is 4.99. The van der Waals surface area contributed by atoms with Crippen LogP contribution in [0, 0.1) is 0 Å². The Kier molecular flexibility index (Phi) is 6.07. The Morgan fingerprint density at radius 1 is 0.788 bits per heavy atom. The van der Waals surface area contributed by atoms with E-state index in [9.17, 15) is 0 Å². The molecule has 0 aliphatic carbocycles. The molecular formula is C29H26N2O2. The lowest BCUT2D eigenvalue weighted by molar-refractivity contribution is 0.306. The molecule has 0 amide bonds. The molecule has 164 valence electrons. The minimum Gasteiger partial charge on any atom is -0.496 e. The molecular weight excluding hydrogens is 408 g/mol. The van der Waals surface area contributed by atoms with Gasteiger partial charge in [-0.1, -0.05) is 66.7 Å². The number of ether oxygens (including phenoxy) is 2. The zero-order valence-electron chi connectivity index (χ0n) is 18.6. The molecule has 0 radical (unpaired) electrons. The molecule has 0 unspecified atom stereocenters. The number of nitrogens with zero attached hydrogens (tertiary/aromatic N) is 2. The minimum atomic E-state index is 0.635. The SMILES string of the molecule is COc1ccccc1/C=C/c1nc2ccccc2n1CCCOc1cccc2ccccc12. The average Bonchev–Trinajstić information content (AvgIpc) is 3.23. The Morgan fingerprint density at radius 2 is 1.55 bits per heavy atom. The zero-order chi connectivity index (χ0) is 22.5. The third kappa shape index (κ3) is 4.46. The molecule has 5 aromatic rings. The van der Waals surface area contributed by atoms with E-state index in [1.165, 1.54) is 5.39 Å². The maximum Gasteiger partial charge on any atom is 0.133 e. The first-order valence-electron chi connectivity index (χ1n) is 11.2. The van der Waals surface area contributed by atoms with Crippen LogP contribution in [0.2, 0.25) is 0 Å². The number of hydrogen-bond donors (Lipinski definition) is 0. The van der Waals surface area contributed by atoms with Gasteiger partial charge in [-0.3, -0.25) is 0 Å². The van der Waals surface area contributed by atoms with Crippen molar-refractivity contribution in [2.75, 3.05) is 13.7 Å². The molecule has 0 aliphatic heterocycles. The molecule has 4 nitrogen and oxygen atoms in total. The van der Waals surface area contributed by atoms with E-state index in [0.29, 0.717) is 6.61 Å². The summed E-state index contributed by atoms with van der Waals surface area (Å²) in [6, 6.07) is 30.8. The fourth-order valence-corrected chi connectivity index (χ4v) is 4.15. The van der Waals surface area contributed by atoms with Crippen LogP contribution in [0.25, 0.3) is 34.0 Å². The molecule has 0 fully saturated rings. The lowest BCUT2D eigenvalue weighted by Gasteiger charge is -2.11. The van der Waals surface area contributed by atoms with Gasteiger partial charge in [0.2, 0.25) is 0 Å². The summed E-state index contributed by atoms with van der Waals surface area (Å²) in [4.78, 5) is 4.86. The average molecular weight is 435 g/mol. The number of imidazole rings is 1. The van der Waals surface area contributed by atoms with Crippen molar-refractivity contribution in [1.29, 1.82) is 0 Å². The summed E-state index contributed by atoms with van der Waals surface area (Å²) < 4.78 is 13.9. The molecule has 0 N–H and O–H groups in total. The molecule has 0 saturated heterocycles. The molecule has 0 spiro atoms. The number of hydrogen-bond acceptors (Lipinski definition) is 3. The highest BCUT2D eigenvalue weighted by atomic mass is 16.5. The molecule has 33 heavy (non-hydrogen) atoms. The monoisotopic (exact) mass is 434 g/mol. The smallest absolute Gasteiger partial charge is 0.133 e. The van der Waals surface area contributed by atoms with Gasteiger partial charge in [0.1, 0.15) is 17.3 Å². The van der Waals surface area contributed by atoms with Gasteiger partial charge in [-0.05, 0) is 48.2 Å². The Bertz CT molecular complexity index is 1410. The van der Waals surface area contributed by atoms with Crippen LogP contribution >= 0.6 is 0 Å². The van der Waals surface area contributed by atoms with Gasteiger partial charge < -0.3 is 14.0 Å². The van der Waals surface area contributed by atoms with Crippen molar-refractivity contribution in [2.45, 2.75) is 13.0 Å². The predicted octanol–water partition coefficient (Wildman–Crippen LogP) is 6.84. The number of methoxy groups -OCH3 is 1. The minimum absolute atomic E-state index is 0.635. The Hall–Kier alpha value is -4.05. The summed E-state index contributed by atoms with van der Waals surface area (Å²) in [7, 11) is 1.69. The second kappa shape index (κ2) is 9.61. The first-order chi connectivity index (χ1) is 16.3. The highest BCUT2D eigenvalue weighted by molar-refractivity contribution is 5.88. The van der Waals surface area contributed by atoms with Gasteiger partial charge in [-0.2, -0.15) is 0 Å². The van der Waals surface area contributed by atoms with Crippen LogP contribution < -0.4 is 9.47 Å². The Morgan fingerprint density at radius 3 is 2.48 bits per heavy atom. The van der Waals surface area contributed by atoms with Crippen molar-refractivity contribution in [1.82, 2.24) is 9.55 Å². The maximum atomic E-state index is 6.16. The van der Waals surface area contributed by atoms with Crippen molar-refractivity contribution in [2.24, 2.45) is 0 Å². The highest BCUT2D eigenvalue weighted by Gasteiger charge is 2.09. The summed E-state index contributed by atoms with van der Waals surface area (Å²) >= 11 is 0. The van der Waals surface area contributed by atoms with Crippen LogP contribution in [0.3, 0.4) is 0 Å². The number of para-hydroxylation sites is 3.